The van der Waals surface area contributed by atoms with Crippen molar-refractivity contribution in [3.8, 4) is 17.2 Å². The molecular formula is C14H16N2O3S. The van der Waals surface area contributed by atoms with Gasteiger partial charge in [-0.25, -0.2) is 0 Å². The van der Waals surface area contributed by atoms with Crippen molar-refractivity contribution >= 4 is 11.8 Å². The zero-order valence-electron chi connectivity index (χ0n) is 11.2. The lowest BCUT2D eigenvalue weighted by Gasteiger charge is -2.09. The number of rotatable bonds is 6. The minimum absolute atomic E-state index is 0.0550. The molecule has 0 amide bonds. The van der Waals surface area contributed by atoms with Crippen LogP contribution in [0.15, 0.2) is 41.3 Å². The first kappa shape index (κ1) is 14.5. The maximum Gasteiger partial charge on any atom is 0.317 e. The van der Waals surface area contributed by atoms with Crippen LogP contribution in [0, 0.1) is 0 Å². The van der Waals surface area contributed by atoms with Crippen molar-refractivity contribution in [3.63, 3.8) is 0 Å². The van der Waals surface area contributed by atoms with Gasteiger partial charge in [0.15, 0.2) is 5.75 Å². The molecule has 0 saturated carbocycles. The highest BCUT2D eigenvalue weighted by Gasteiger charge is 2.13. The number of hydrogen-bond acceptors (Lipinski definition) is 5. The van der Waals surface area contributed by atoms with Gasteiger partial charge in [0.05, 0.1) is 18.5 Å². The van der Waals surface area contributed by atoms with Crippen molar-refractivity contribution in [1.82, 2.24) is 9.78 Å². The Morgan fingerprint density at radius 3 is 2.80 bits per heavy atom. The topological polar surface area (TPSA) is 64.3 Å². The van der Waals surface area contributed by atoms with Crippen LogP contribution < -0.4 is 10.3 Å². The molecule has 106 valence electrons. The van der Waals surface area contributed by atoms with E-state index in [1.54, 1.807) is 23.9 Å². The molecular weight excluding hydrogens is 276 g/mol. The van der Waals surface area contributed by atoms with Crippen LogP contribution in [0.2, 0.25) is 0 Å². The Hall–Kier alpha value is -1.95. The van der Waals surface area contributed by atoms with Crippen LogP contribution in [0.25, 0.3) is 5.69 Å². The fourth-order valence-corrected chi connectivity index (χ4v) is 2.15. The number of nitrogens with zero attached hydrogens (tertiary/aromatic N) is 2. The summed E-state index contributed by atoms with van der Waals surface area (Å²) in [7, 11) is 0. The summed E-state index contributed by atoms with van der Waals surface area (Å²) in [6, 6.07) is 9.02. The fraction of sp³-hybridized carbons (Fsp3) is 0.286. The van der Waals surface area contributed by atoms with E-state index >= 15 is 0 Å². The second kappa shape index (κ2) is 7.00. The number of para-hydroxylation sites is 1. The second-order valence-corrected chi connectivity index (χ2v) is 5.35. The zero-order chi connectivity index (χ0) is 14.4. The van der Waals surface area contributed by atoms with E-state index in [2.05, 4.69) is 12.0 Å². The van der Waals surface area contributed by atoms with Gasteiger partial charge < -0.3 is 9.84 Å². The first-order valence-corrected chi connectivity index (χ1v) is 7.46. The Morgan fingerprint density at radius 2 is 2.10 bits per heavy atom. The van der Waals surface area contributed by atoms with Crippen LogP contribution in [-0.4, -0.2) is 33.0 Å². The van der Waals surface area contributed by atoms with E-state index in [0.29, 0.717) is 12.3 Å². The molecule has 0 spiro atoms. The van der Waals surface area contributed by atoms with Crippen LogP contribution in [0.3, 0.4) is 0 Å². The van der Waals surface area contributed by atoms with Crippen molar-refractivity contribution in [1.29, 1.82) is 0 Å². The van der Waals surface area contributed by atoms with E-state index in [4.69, 9.17) is 4.74 Å². The first-order valence-electron chi connectivity index (χ1n) is 6.31. The molecule has 5 nitrogen and oxygen atoms in total. The molecule has 1 aromatic carbocycles. The van der Waals surface area contributed by atoms with Gasteiger partial charge in [-0.05, 0) is 17.9 Å². The van der Waals surface area contributed by atoms with Gasteiger partial charge in [0, 0.05) is 5.75 Å². The summed E-state index contributed by atoms with van der Waals surface area (Å²) in [5.74, 6) is 1.47. The molecule has 0 fully saturated rings. The van der Waals surface area contributed by atoms with Crippen LogP contribution >= 0.6 is 11.8 Å². The van der Waals surface area contributed by atoms with E-state index < -0.39 is 5.56 Å². The maximum atomic E-state index is 12.3. The lowest BCUT2D eigenvalue weighted by molar-refractivity contribution is 0.311. The minimum atomic E-state index is -0.460. The van der Waals surface area contributed by atoms with Crippen molar-refractivity contribution < 1.29 is 9.84 Å². The van der Waals surface area contributed by atoms with Gasteiger partial charge in [0.1, 0.15) is 0 Å². The molecule has 0 aliphatic heterocycles. The van der Waals surface area contributed by atoms with Crippen LogP contribution in [0.1, 0.15) is 6.92 Å². The normalized spacial score (nSPS) is 10.4. The van der Waals surface area contributed by atoms with Gasteiger partial charge in [-0.1, -0.05) is 25.1 Å². The third-order valence-electron chi connectivity index (χ3n) is 2.59. The number of aromatic nitrogens is 2. The number of hydrogen-bond donors (Lipinski definition) is 1. The predicted octanol–water partition coefficient (Wildman–Crippen LogP) is 2.07. The van der Waals surface area contributed by atoms with Gasteiger partial charge in [-0.2, -0.15) is 21.5 Å². The Labute approximate surface area is 121 Å². The van der Waals surface area contributed by atoms with E-state index in [0.717, 1.165) is 11.5 Å². The molecule has 0 bridgehead atoms. The number of aromatic hydroxyl groups is 1. The Balaban J connectivity index is 2.26. The standard InChI is InChI=1S/C14H16N2O3S/c1-2-20-9-8-19-13-12(17)10-15-16(14(13)18)11-6-4-3-5-7-11/h3-7,10,17H,2,8-9H2,1H3. The summed E-state index contributed by atoms with van der Waals surface area (Å²) in [6.45, 7) is 2.43. The highest BCUT2D eigenvalue weighted by atomic mass is 32.2. The van der Waals surface area contributed by atoms with Gasteiger partial charge >= 0.3 is 5.56 Å². The highest BCUT2D eigenvalue weighted by molar-refractivity contribution is 7.99. The van der Waals surface area contributed by atoms with Gasteiger partial charge in [-0.3, -0.25) is 4.79 Å². The quantitative estimate of drug-likeness (QED) is 0.826. The number of benzene rings is 1. The lowest BCUT2D eigenvalue weighted by Crippen LogP contribution is -2.23. The van der Waals surface area contributed by atoms with Gasteiger partial charge in [0.25, 0.3) is 0 Å². The third kappa shape index (κ3) is 3.33. The van der Waals surface area contributed by atoms with E-state index in [9.17, 15) is 9.90 Å². The smallest absolute Gasteiger partial charge is 0.317 e. The summed E-state index contributed by atoms with van der Waals surface area (Å²) in [6.07, 6.45) is 1.22. The monoisotopic (exact) mass is 292 g/mol. The lowest BCUT2D eigenvalue weighted by atomic mass is 10.3. The van der Waals surface area contributed by atoms with E-state index in [-0.39, 0.29) is 11.5 Å². The molecule has 0 saturated heterocycles. The van der Waals surface area contributed by atoms with Crippen LogP contribution in [0.5, 0.6) is 11.5 Å². The van der Waals surface area contributed by atoms with Gasteiger partial charge in [-0.15, -0.1) is 0 Å². The maximum absolute atomic E-state index is 12.3. The average molecular weight is 292 g/mol. The Bertz CT molecular complexity index is 614. The average Bonchev–Trinajstić information content (AvgIpc) is 2.47. The third-order valence-corrected chi connectivity index (χ3v) is 3.46. The Kier molecular flexibility index (Phi) is 5.06. The fourth-order valence-electron chi connectivity index (χ4n) is 1.67. The van der Waals surface area contributed by atoms with E-state index in [1.165, 1.54) is 10.9 Å². The molecule has 0 unspecified atom stereocenters. The van der Waals surface area contributed by atoms with Crippen LogP contribution in [0.4, 0.5) is 0 Å². The molecule has 6 heteroatoms. The summed E-state index contributed by atoms with van der Waals surface area (Å²) >= 11 is 1.71. The van der Waals surface area contributed by atoms with Crippen molar-refractivity contribution in [2.24, 2.45) is 0 Å². The van der Waals surface area contributed by atoms with E-state index in [1.807, 2.05) is 18.2 Å². The largest absolute Gasteiger partial charge is 0.503 e. The van der Waals surface area contributed by atoms with Crippen molar-refractivity contribution in [2.75, 3.05) is 18.1 Å². The zero-order valence-corrected chi connectivity index (χ0v) is 12.0. The second-order valence-electron chi connectivity index (χ2n) is 3.96. The molecule has 1 heterocycles. The van der Waals surface area contributed by atoms with Crippen molar-refractivity contribution in [3.05, 3.63) is 46.9 Å². The molecule has 2 rings (SSSR count). The summed E-state index contributed by atoms with van der Waals surface area (Å²) in [5, 5.41) is 13.6. The predicted molar refractivity (Wildman–Crippen MR) is 80.0 cm³/mol. The molecule has 0 aliphatic rings. The molecule has 1 N–H and O–H groups in total. The number of ether oxygens (including phenoxy) is 1. The molecule has 1 aromatic heterocycles. The summed E-state index contributed by atoms with van der Waals surface area (Å²) in [5.41, 5.74) is 0.169. The summed E-state index contributed by atoms with van der Waals surface area (Å²) in [4.78, 5) is 12.3. The first-order chi connectivity index (χ1) is 9.74. The minimum Gasteiger partial charge on any atom is -0.503 e. The highest BCUT2D eigenvalue weighted by Crippen LogP contribution is 2.20. The van der Waals surface area contributed by atoms with Crippen molar-refractivity contribution in [2.45, 2.75) is 6.92 Å². The van der Waals surface area contributed by atoms with Gasteiger partial charge in [0.2, 0.25) is 5.75 Å². The molecule has 0 aliphatic carbocycles. The SMILES string of the molecule is CCSCCOc1c(O)cnn(-c2ccccc2)c1=O. The molecule has 0 atom stereocenters. The molecule has 2 aromatic rings. The molecule has 0 radical (unpaired) electrons. The molecule has 20 heavy (non-hydrogen) atoms. The van der Waals surface area contributed by atoms with Crippen LogP contribution in [-0.2, 0) is 0 Å². The number of thioether (sulfide) groups is 1. The Morgan fingerprint density at radius 1 is 1.35 bits per heavy atom. The summed E-state index contributed by atoms with van der Waals surface area (Å²) < 4.78 is 6.60.